The van der Waals surface area contributed by atoms with Gasteiger partial charge in [-0.25, -0.2) is 4.79 Å². The molecule has 0 saturated carbocycles. The molecule has 0 fully saturated rings. The summed E-state index contributed by atoms with van der Waals surface area (Å²) in [7, 11) is 0. The van der Waals surface area contributed by atoms with E-state index in [1.165, 1.54) is 0 Å². The molecule has 0 aliphatic rings. The fourth-order valence-electron chi connectivity index (χ4n) is 0.517. The molecule has 0 radical (unpaired) electrons. The lowest BCUT2D eigenvalue weighted by Gasteiger charge is -2.11. The van der Waals surface area contributed by atoms with Gasteiger partial charge < -0.3 is 20.3 Å². The zero-order valence-electron chi connectivity index (χ0n) is 6.45. The van der Waals surface area contributed by atoms with E-state index >= 15 is 0 Å². The van der Waals surface area contributed by atoms with Crippen molar-refractivity contribution in [2.45, 2.75) is 13.2 Å². The van der Waals surface area contributed by atoms with E-state index in [9.17, 15) is 4.79 Å². The van der Waals surface area contributed by atoms with Crippen LogP contribution in [0.1, 0.15) is 6.92 Å². The molecule has 0 aliphatic heterocycles. The van der Waals surface area contributed by atoms with Crippen molar-refractivity contribution in [3.05, 3.63) is 0 Å². The summed E-state index contributed by atoms with van der Waals surface area (Å²) in [6, 6.07) is 0. The second kappa shape index (κ2) is 6.09. The van der Waals surface area contributed by atoms with Crippen LogP contribution in [0.4, 0.5) is 0 Å². The molecule has 0 aromatic rings. The highest BCUT2D eigenvalue weighted by atomic mass is 16.7. The van der Waals surface area contributed by atoms with Crippen LogP contribution in [0.2, 0.25) is 0 Å². The monoisotopic (exact) mass is 163 g/mol. The Balaban J connectivity index is 3.60. The number of nitrogens with two attached hydrogens (primary N) is 1. The van der Waals surface area contributed by atoms with E-state index in [-0.39, 0.29) is 13.2 Å². The van der Waals surface area contributed by atoms with Gasteiger partial charge in [0.15, 0.2) is 0 Å². The molecule has 0 aromatic carbocycles. The van der Waals surface area contributed by atoms with Crippen molar-refractivity contribution in [1.29, 1.82) is 0 Å². The first kappa shape index (κ1) is 10.3. The summed E-state index contributed by atoms with van der Waals surface area (Å²) in [4.78, 5) is 10.3. The number of hydrogen-bond donors (Lipinski definition) is 2. The van der Waals surface area contributed by atoms with Crippen LogP contribution < -0.4 is 5.73 Å². The Hall–Kier alpha value is -0.650. The van der Waals surface area contributed by atoms with Gasteiger partial charge in [0.25, 0.3) is 6.29 Å². The summed E-state index contributed by atoms with van der Waals surface area (Å²) >= 11 is 0. The molecule has 66 valence electrons. The van der Waals surface area contributed by atoms with Crippen molar-refractivity contribution in [1.82, 2.24) is 0 Å². The molecule has 1 unspecified atom stereocenters. The zero-order chi connectivity index (χ0) is 8.69. The molecule has 0 spiro atoms. The Labute approximate surface area is 65.1 Å². The van der Waals surface area contributed by atoms with Gasteiger partial charge in [-0.1, -0.05) is 0 Å². The first-order valence-electron chi connectivity index (χ1n) is 3.38. The summed E-state index contributed by atoms with van der Waals surface area (Å²) in [5.74, 6) is -1.12. The highest BCUT2D eigenvalue weighted by molar-refractivity contribution is 5.70. The van der Waals surface area contributed by atoms with Gasteiger partial charge in [-0.3, -0.25) is 0 Å². The van der Waals surface area contributed by atoms with Crippen LogP contribution >= 0.6 is 0 Å². The third-order valence-corrected chi connectivity index (χ3v) is 0.907. The average molecular weight is 163 g/mol. The number of ether oxygens (including phenoxy) is 2. The lowest BCUT2D eigenvalue weighted by atomic mass is 10.6. The van der Waals surface area contributed by atoms with Crippen LogP contribution in [0.5, 0.6) is 0 Å². The van der Waals surface area contributed by atoms with Crippen LogP contribution in [0, 0.1) is 0 Å². The second-order valence-electron chi connectivity index (χ2n) is 1.78. The van der Waals surface area contributed by atoms with Gasteiger partial charge >= 0.3 is 5.97 Å². The predicted octanol–water partition coefficient (Wildman–Crippen LogP) is -0.591. The predicted molar refractivity (Wildman–Crippen MR) is 38.1 cm³/mol. The van der Waals surface area contributed by atoms with Crippen LogP contribution in [0.3, 0.4) is 0 Å². The number of carbonyl (C=O) groups is 1. The Kier molecular flexibility index (Phi) is 5.73. The van der Waals surface area contributed by atoms with E-state index in [4.69, 9.17) is 20.3 Å². The molecule has 3 N–H and O–H groups in total. The van der Waals surface area contributed by atoms with Crippen molar-refractivity contribution in [3.63, 3.8) is 0 Å². The minimum Gasteiger partial charge on any atom is -0.477 e. The minimum absolute atomic E-state index is 0.191. The number of hydrogen-bond acceptors (Lipinski definition) is 4. The average Bonchev–Trinajstić information content (AvgIpc) is 1.97. The summed E-state index contributed by atoms with van der Waals surface area (Å²) in [5.41, 5.74) is 5.10. The van der Waals surface area contributed by atoms with Gasteiger partial charge in [-0.2, -0.15) is 0 Å². The maximum atomic E-state index is 10.3. The zero-order valence-corrected chi connectivity index (χ0v) is 6.45. The van der Waals surface area contributed by atoms with Gasteiger partial charge in [-0.15, -0.1) is 0 Å². The third kappa shape index (κ3) is 4.72. The molecule has 5 nitrogen and oxygen atoms in total. The molecule has 0 rings (SSSR count). The summed E-state index contributed by atoms with van der Waals surface area (Å²) in [5, 5.41) is 8.44. The Morgan fingerprint density at radius 1 is 1.64 bits per heavy atom. The lowest BCUT2D eigenvalue weighted by molar-refractivity contribution is -0.187. The van der Waals surface area contributed by atoms with Crippen molar-refractivity contribution >= 4 is 5.97 Å². The highest BCUT2D eigenvalue weighted by Crippen LogP contribution is 1.93. The van der Waals surface area contributed by atoms with Crippen LogP contribution in [0.25, 0.3) is 0 Å². The van der Waals surface area contributed by atoms with Gasteiger partial charge in [0, 0.05) is 13.2 Å². The van der Waals surface area contributed by atoms with Gasteiger partial charge in [0.05, 0.1) is 6.61 Å². The SMILES string of the molecule is CCOC(OCCN)C(=O)O. The van der Waals surface area contributed by atoms with E-state index in [1.54, 1.807) is 6.92 Å². The number of aliphatic carboxylic acids is 1. The smallest absolute Gasteiger partial charge is 0.361 e. The van der Waals surface area contributed by atoms with Gasteiger partial charge in [-0.05, 0) is 6.92 Å². The second-order valence-corrected chi connectivity index (χ2v) is 1.78. The molecule has 11 heavy (non-hydrogen) atoms. The van der Waals surface area contributed by atoms with E-state index in [0.717, 1.165) is 0 Å². The molecule has 1 atom stereocenters. The van der Waals surface area contributed by atoms with E-state index in [0.29, 0.717) is 6.61 Å². The standard InChI is InChI=1S/C6H13NO4/c1-2-10-6(5(8)9)11-4-3-7/h6H,2-4,7H2,1H3,(H,8,9). The quantitative estimate of drug-likeness (QED) is 0.511. The molecular formula is C6H13NO4. The fourth-order valence-corrected chi connectivity index (χ4v) is 0.517. The molecule has 0 aliphatic carbocycles. The maximum absolute atomic E-state index is 10.3. The van der Waals surface area contributed by atoms with Crippen LogP contribution in [-0.2, 0) is 14.3 Å². The molecular weight excluding hydrogens is 150 g/mol. The lowest BCUT2D eigenvalue weighted by Crippen LogP contribution is -2.29. The number of carboxylic acids is 1. The third-order valence-electron chi connectivity index (χ3n) is 0.907. The highest BCUT2D eigenvalue weighted by Gasteiger charge is 2.16. The van der Waals surface area contributed by atoms with Crippen LogP contribution in [0.15, 0.2) is 0 Å². The first-order valence-corrected chi connectivity index (χ1v) is 3.38. The summed E-state index contributed by atoms with van der Waals surface area (Å²) in [6.45, 7) is 2.48. The van der Waals surface area contributed by atoms with E-state index in [2.05, 4.69) is 0 Å². The molecule has 0 bridgehead atoms. The van der Waals surface area contributed by atoms with E-state index in [1.807, 2.05) is 0 Å². The fraction of sp³-hybridized carbons (Fsp3) is 0.833. The maximum Gasteiger partial charge on any atom is 0.361 e. The van der Waals surface area contributed by atoms with Crippen molar-refractivity contribution < 1.29 is 19.4 Å². The summed E-state index contributed by atoms with van der Waals surface area (Å²) < 4.78 is 9.47. The van der Waals surface area contributed by atoms with Crippen LogP contribution in [-0.4, -0.2) is 37.1 Å². The van der Waals surface area contributed by atoms with Gasteiger partial charge in [0.1, 0.15) is 0 Å². The van der Waals surface area contributed by atoms with Crippen molar-refractivity contribution in [3.8, 4) is 0 Å². The van der Waals surface area contributed by atoms with E-state index < -0.39 is 12.3 Å². The molecule has 0 heterocycles. The Bertz CT molecular complexity index is 117. The minimum atomic E-state index is -1.18. The van der Waals surface area contributed by atoms with Gasteiger partial charge in [0.2, 0.25) is 0 Å². The molecule has 0 amide bonds. The Morgan fingerprint density at radius 3 is 2.64 bits per heavy atom. The summed E-state index contributed by atoms with van der Waals surface area (Å²) in [6.07, 6.45) is -1.18. The number of carboxylic acid groups (broad SMARTS) is 1. The first-order chi connectivity index (χ1) is 5.22. The van der Waals surface area contributed by atoms with Crippen molar-refractivity contribution in [2.75, 3.05) is 19.8 Å². The van der Waals surface area contributed by atoms with Crippen molar-refractivity contribution in [2.24, 2.45) is 5.73 Å². The molecule has 0 aromatic heterocycles. The topological polar surface area (TPSA) is 81.8 Å². The molecule has 5 heteroatoms. The number of rotatable bonds is 6. The Morgan fingerprint density at radius 2 is 2.27 bits per heavy atom. The largest absolute Gasteiger partial charge is 0.477 e. The normalized spacial score (nSPS) is 12.9. The molecule has 0 saturated heterocycles.